The molecule has 0 radical (unpaired) electrons. The summed E-state index contributed by atoms with van der Waals surface area (Å²) < 4.78 is 24.4. The summed E-state index contributed by atoms with van der Waals surface area (Å²) in [5.74, 6) is -0.384. The van der Waals surface area contributed by atoms with Crippen LogP contribution in [0.5, 0.6) is 0 Å². The number of benzene rings is 1. The summed E-state index contributed by atoms with van der Waals surface area (Å²) in [4.78, 5) is 0. The highest BCUT2D eigenvalue weighted by atomic mass is 35.5. The molecule has 5 heteroatoms. The Labute approximate surface area is 124 Å². The Morgan fingerprint density at radius 2 is 2.30 bits per heavy atom. The molecule has 20 heavy (non-hydrogen) atoms. The third-order valence-electron chi connectivity index (χ3n) is 3.39. The van der Waals surface area contributed by atoms with Gasteiger partial charge in [-0.15, -0.1) is 0 Å². The number of ether oxygens (including phenoxy) is 2. The zero-order valence-electron chi connectivity index (χ0n) is 11.7. The van der Waals surface area contributed by atoms with E-state index >= 15 is 0 Å². The van der Waals surface area contributed by atoms with Gasteiger partial charge in [0.1, 0.15) is 5.82 Å². The first-order valence-corrected chi connectivity index (χ1v) is 7.45. The minimum Gasteiger partial charge on any atom is -0.376 e. The molecule has 1 aromatic rings. The van der Waals surface area contributed by atoms with E-state index in [0.29, 0.717) is 19.8 Å². The van der Waals surface area contributed by atoms with Crippen molar-refractivity contribution < 1.29 is 13.9 Å². The summed E-state index contributed by atoms with van der Waals surface area (Å²) in [7, 11) is 0. The smallest absolute Gasteiger partial charge is 0.141 e. The Morgan fingerprint density at radius 3 is 2.95 bits per heavy atom. The van der Waals surface area contributed by atoms with E-state index in [1.165, 1.54) is 6.07 Å². The number of halogens is 2. The maximum atomic E-state index is 13.2. The monoisotopic (exact) mass is 301 g/mol. The van der Waals surface area contributed by atoms with Crippen molar-refractivity contribution in [3.63, 3.8) is 0 Å². The Balaban J connectivity index is 2.03. The fraction of sp³-hybridized carbons (Fsp3) is 0.600. The Morgan fingerprint density at radius 1 is 1.45 bits per heavy atom. The lowest BCUT2D eigenvalue weighted by Gasteiger charge is -2.31. The van der Waals surface area contributed by atoms with E-state index in [-0.39, 0.29) is 23.0 Å². The third-order valence-corrected chi connectivity index (χ3v) is 3.68. The van der Waals surface area contributed by atoms with Gasteiger partial charge in [0, 0.05) is 6.04 Å². The molecule has 1 heterocycles. The number of hydrogen-bond donors (Lipinski definition) is 1. The van der Waals surface area contributed by atoms with Gasteiger partial charge in [-0.05, 0) is 37.1 Å². The van der Waals surface area contributed by atoms with Crippen molar-refractivity contribution in [1.82, 2.24) is 5.32 Å². The summed E-state index contributed by atoms with van der Waals surface area (Å²) in [6.07, 6.45) is 1.82. The zero-order chi connectivity index (χ0) is 14.4. The van der Waals surface area contributed by atoms with E-state index in [2.05, 4.69) is 12.2 Å². The van der Waals surface area contributed by atoms with Crippen LogP contribution in [0.1, 0.15) is 18.9 Å². The van der Waals surface area contributed by atoms with E-state index in [1.807, 2.05) is 0 Å². The Bertz CT molecular complexity index is 424. The maximum Gasteiger partial charge on any atom is 0.141 e. The van der Waals surface area contributed by atoms with Crippen molar-refractivity contribution in [2.45, 2.75) is 31.9 Å². The molecule has 1 fully saturated rings. The van der Waals surface area contributed by atoms with Gasteiger partial charge in [-0.25, -0.2) is 4.39 Å². The molecule has 3 nitrogen and oxygen atoms in total. The van der Waals surface area contributed by atoms with Gasteiger partial charge in [0.2, 0.25) is 0 Å². The second kappa shape index (κ2) is 7.93. The summed E-state index contributed by atoms with van der Waals surface area (Å²) in [5.41, 5.74) is 0.999. The molecule has 2 unspecified atom stereocenters. The van der Waals surface area contributed by atoms with Crippen LogP contribution in [0.2, 0.25) is 5.02 Å². The predicted molar refractivity (Wildman–Crippen MR) is 77.8 cm³/mol. The summed E-state index contributed by atoms with van der Waals surface area (Å²) >= 11 is 5.84. The van der Waals surface area contributed by atoms with Gasteiger partial charge in [-0.1, -0.05) is 24.6 Å². The SMILES string of the molecule is CCCNC(Cc1ccc(F)c(Cl)c1)C1COCCO1. The van der Waals surface area contributed by atoms with Crippen molar-refractivity contribution in [3.8, 4) is 0 Å². The Kier molecular flexibility index (Phi) is 6.23. The molecule has 1 N–H and O–H groups in total. The van der Waals surface area contributed by atoms with Gasteiger partial charge in [-0.3, -0.25) is 0 Å². The molecule has 0 aliphatic carbocycles. The number of rotatable bonds is 6. The highest BCUT2D eigenvalue weighted by molar-refractivity contribution is 6.30. The minimum absolute atomic E-state index is 0.0270. The highest BCUT2D eigenvalue weighted by Crippen LogP contribution is 2.19. The molecular formula is C15H21ClFNO2. The molecule has 0 saturated carbocycles. The quantitative estimate of drug-likeness (QED) is 0.876. The lowest BCUT2D eigenvalue weighted by Crippen LogP contribution is -2.48. The van der Waals surface area contributed by atoms with Crippen LogP contribution in [0.3, 0.4) is 0 Å². The van der Waals surface area contributed by atoms with Gasteiger partial charge in [0.25, 0.3) is 0 Å². The van der Waals surface area contributed by atoms with Crippen LogP contribution in [0.15, 0.2) is 18.2 Å². The van der Waals surface area contributed by atoms with Gasteiger partial charge in [-0.2, -0.15) is 0 Å². The molecule has 0 spiro atoms. The molecular weight excluding hydrogens is 281 g/mol. The molecule has 1 aromatic carbocycles. The molecule has 1 saturated heterocycles. The fourth-order valence-corrected chi connectivity index (χ4v) is 2.53. The normalized spacial score (nSPS) is 20.9. The van der Waals surface area contributed by atoms with Crippen LogP contribution in [-0.2, 0) is 15.9 Å². The first-order valence-electron chi connectivity index (χ1n) is 7.07. The molecule has 112 valence electrons. The molecule has 2 atom stereocenters. The summed E-state index contributed by atoms with van der Waals surface area (Å²) in [6, 6.07) is 5.01. The molecule has 0 amide bonds. The zero-order valence-corrected chi connectivity index (χ0v) is 12.5. The fourth-order valence-electron chi connectivity index (χ4n) is 2.32. The number of hydrogen-bond acceptors (Lipinski definition) is 3. The lowest BCUT2D eigenvalue weighted by atomic mass is 10.0. The van der Waals surface area contributed by atoms with Crippen molar-refractivity contribution in [3.05, 3.63) is 34.6 Å². The van der Waals surface area contributed by atoms with Crippen LogP contribution >= 0.6 is 11.6 Å². The average Bonchev–Trinajstić information content (AvgIpc) is 2.48. The summed E-state index contributed by atoms with van der Waals surface area (Å²) in [6.45, 7) is 4.91. The van der Waals surface area contributed by atoms with Gasteiger partial charge in [0.05, 0.1) is 30.9 Å². The maximum absolute atomic E-state index is 13.2. The molecule has 1 aliphatic heterocycles. The van der Waals surface area contributed by atoms with Crippen LogP contribution in [0, 0.1) is 5.82 Å². The van der Waals surface area contributed by atoms with Crippen molar-refractivity contribution >= 4 is 11.6 Å². The third kappa shape index (κ3) is 4.42. The van der Waals surface area contributed by atoms with E-state index in [1.54, 1.807) is 12.1 Å². The molecule has 2 rings (SSSR count). The second-order valence-corrected chi connectivity index (χ2v) is 5.40. The second-order valence-electron chi connectivity index (χ2n) is 5.00. The predicted octanol–water partition coefficient (Wildman–Crippen LogP) is 2.81. The van der Waals surface area contributed by atoms with E-state index in [0.717, 1.165) is 24.9 Å². The van der Waals surface area contributed by atoms with Crippen LogP contribution in [0.4, 0.5) is 4.39 Å². The van der Waals surface area contributed by atoms with E-state index in [9.17, 15) is 4.39 Å². The topological polar surface area (TPSA) is 30.5 Å². The number of nitrogens with one attached hydrogen (secondary N) is 1. The summed E-state index contributed by atoms with van der Waals surface area (Å²) in [5, 5.41) is 3.64. The average molecular weight is 302 g/mol. The van der Waals surface area contributed by atoms with E-state index in [4.69, 9.17) is 21.1 Å². The van der Waals surface area contributed by atoms with Crippen LogP contribution < -0.4 is 5.32 Å². The van der Waals surface area contributed by atoms with Crippen molar-refractivity contribution in [2.75, 3.05) is 26.4 Å². The van der Waals surface area contributed by atoms with Crippen molar-refractivity contribution in [2.24, 2.45) is 0 Å². The Hall–Kier alpha value is -0.680. The first kappa shape index (κ1) is 15.7. The largest absolute Gasteiger partial charge is 0.376 e. The van der Waals surface area contributed by atoms with Crippen LogP contribution in [0.25, 0.3) is 0 Å². The van der Waals surface area contributed by atoms with Gasteiger partial charge < -0.3 is 14.8 Å². The van der Waals surface area contributed by atoms with Crippen molar-refractivity contribution in [1.29, 1.82) is 0 Å². The van der Waals surface area contributed by atoms with Crippen LogP contribution in [-0.4, -0.2) is 38.5 Å². The van der Waals surface area contributed by atoms with E-state index < -0.39 is 0 Å². The molecule has 0 bridgehead atoms. The molecule has 0 aromatic heterocycles. The van der Waals surface area contributed by atoms with Gasteiger partial charge in [0.15, 0.2) is 0 Å². The lowest BCUT2D eigenvalue weighted by molar-refractivity contribution is -0.101. The molecule has 1 aliphatic rings. The standard InChI is InChI=1S/C15H21ClFNO2/c1-2-5-18-14(15-10-19-6-7-20-15)9-11-3-4-13(17)12(16)8-11/h3-4,8,14-15,18H,2,5-7,9-10H2,1H3. The van der Waals surface area contributed by atoms with Gasteiger partial charge >= 0.3 is 0 Å². The highest BCUT2D eigenvalue weighted by Gasteiger charge is 2.25. The first-order chi connectivity index (χ1) is 9.70. The minimum atomic E-state index is -0.384.